The highest BCUT2D eigenvalue weighted by Crippen LogP contribution is 2.24. The van der Waals surface area contributed by atoms with Gasteiger partial charge in [-0.3, -0.25) is 0 Å². The number of hydrogen-bond acceptors (Lipinski definition) is 2. The molecule has 0 fully saturated rings. The van der Waals surface area contributed by atoms with Crippen LogP contribution in [-0.4, -0.2) is 0 Å². The third-order valence-corrected chi connectivity index (χ3v) is 9.27. The van der Waals surface area contributed by atoms with Gasteiger partial charge < -0.3 is 10.6 Å². The van der Waals surface area contributed by atoms with E-state index in [-0.39, 0.29) is 21.3 Å². The van der Waals surface area contributed by atoms with E-state index in [4.69, 9.17) is 0 Å². The lowest BCUT2D eigenvalue weighted by atomic mass is 10.1. The van der Waals surface area contributed by atoms with Gasteiger partial charge in [-0.15, -0.1) is 0 Å². The molecule has 2 unspecified atom stereocenters. The molecule has 0 aliphatic heterocycles. The maximum absolute atomic E-state index is 13.9. The summed E-state index contributed by atoms with van der Waals surface area (Å²) in [5, 5.41) is 5.96. The summed E-state index contributed by atoms with van der Waals surface area (Å²) >= 11 is 7.53. The van der Waals surface area contributed by atoms with Crippen molar-refractivity contribution in [2.75, 3.05) is 10.6 Å². The summed E-state index contributed by atoms with van der Waals surface area (Å²) in [5.74, 6) is -2.43. The molecule has 2 heterocycles. The maximum atomic E-state index is 13.9. The maximum Gasteiger partial charge on any atom is 0.211 e. The Bertz CT molecular complexity index is 1340. The minimum atomic E-state index is -0.620. The van der Waals surface area contributed by atoms with Crippen LogP contribution in [0.4, 0.5) is 40.3 Å². The molecule has 2 aromatic carbocycles. The molecule has 0 spiro atoms. The van der Waals surface area contributed by atoms with Crippen molar-refractivity contribution in [3.63, 3.8) is 0 Å². The second-order valence-corrected chi connectivity index (χ2v) is 13.0. The Morgan fingerprint density at radius 3 is 1.18 bits per heavy atom. The van der Waals surface area contributed by atoms with E-state index in [9.17, 15) is 17.6 Å². The Kier molecular flexibility index (Phi) is 13.5. The SMILES string of the molecule is Fc1ccc(Nc2cc[n+](C(Br)CCCCCCCCCCC(Br)[n+]3ccc(Nc4ccc(F)cc4F)cc3)cc2)c(F)c1. The zero-order chi connectivity index (χ0) is 31.3. The van der Waals surface area contributed by atoms with Crippen LogP contribution in [0, 0.1) is 23.3 Å². The van der Waals surface area contributed by atoms with Crippen molar-refractivity contribution in [2.24, 2.45) is 0 Å². The van der Waals surface area contributed by atoms with Gasteiger partial charge in [-0.2, -0.15) is 9.13 Å². The van der Waals surface area contributed by atoms with Gasteiger partial charge in [0, 0.05) is 49.2 Å². The molecule has 2 atom stereocenters. The number of nitrogens with one attached hydrogen (secondary N) is 2. The number of rotatable bonds is 17. The predicted octanol–water partition coefficient (Wildman–Crippen LogP) is 10.7. The van der Waals surface area contributed by atoms with Crippen LogP contribution in [0.1, 0.15) is 74.1 Å². The molecule has 4 aromatic rings. The molecule has 10 heteroatoms. The van der Waals surface area contributed by atoms with E-state index in [0.29, 0.717) is 0 Å². The molecule has 4 nitrogen and oxygen atoms in total. The fourth-order valence-corrected chi connectivity index (χ4v) is 6.09. The lowest BCUT2D eigenvalue weighted by molar-refractivity contribution is -0.698. The summed E-state index contributed by atoms with van der Waals surface area (Å²) in [7, 11) is 0. The monoisotopic (exact) mass is 736 g/mol. The van der Waals surface area contributed by atoms with E-state index in [2.05, 4.69) is 51.6 Å². The Labute approximate surface area is 273 Å². The van der Waals surface area contributed by atoms with E-state index >= 15 is 0 Å². The number of anilines is 4. The topological polar surface area (TPSA) is 31.8 Å². The van der Waals surface area contributed by atoms with Gasteiger partial charge in [0.15, 0.2) is 24.8 Å². The highest BCUT2D eigenvalue weighted by molar-refractivity contribution is 9.09. The van der Waals surface area contributed by atoms with Gasteiger partial charge in [0.05, 0.1) is 22.7 Å². The highest BCUT2D eigenvalue weighted by atomic mass is 79.9. The molecule has 44 heavy (non-hydrogen) atoms. The highest BCUT2D eigenvalue weighted by Gasteiger charge is 2.15. The quantitative estimate of drug-likeness (QED) is 0.0489. The van der Waals surface area contributed by atoms with Gasteiger partial charge in [0.2, 0.25) is 9.90 Å². The van der Waals surface area contributed by atoms with Crippen LogP contribution in [0.5, 0.6) is 0 Å². The lowest BCUT2D eigenvalue weighted by Gasteiger charge is -2.09. The molecule has 2 aromatic heterocycles. The first-order valence-electron chi connectivity index (χ1n) is 15.0. The summed E-state index contributed by atoms with van der Waals surface area (Å²) in [6.45, 7) is 0. The van der Waals surface area contributed by atoms with E-state index in [0.717, 1.165) is 49.2 Å². The van der Waals surface area contributed by atoms with Gasteiger partial charge in [-0.25, -0.2) is 17.6 Å². The van der Waals surface area contributed by atoms with Crippen molar-refractivity contribution in [3.8, 4) is 0 Å². The second kappa shape index (κ2) is 17.5. The second-order valence-electron chi connectivity index (χ2n) is 10.8. The Hall–Kier alpha value is -2.98. The molecular formula is C34H38Br2F4N4+2. The van der Waals surface area contributed by atoms with Crippen LogP contribution in [0.15, 0.2) is 85.5 Å². The molecule has 0 saturated carbocycles. The number of hydrogen-bond donors (Lipinski definition) is 2. The van der Waals surface area contributed by atoms with Crippen LogP contribution in [0.25, 0.3) is 0 Å². The van der Waals surface area contributed by atoms with Crippen molar-refractivity contribution in [2.45, 2.75) is 74.1 Å². The summed E-state index contributed by atoms with van der Waals surface area (Å²) in [5.41, 5.74) is 1.96. The summed E-state index contributed by atoms with van der Waals surface area (Å²) in [6, 6.07) is 14.5. The average molecular weight is 739 g/mol. The van der Waals surface area contributed by atoms with Crippen molar-refractivity contribution in [3.05, 3.63) is 109 Å². The molecule has 2 N–H and O–H groups in total. The van der Waals surface area contributed by atoms with Gasteiger partial charge in [-0.1, -0.05) is 38.5 Å². The molecule has 0 saturated heterocycles. The molecule has 4 rings (SSSR count). The molecule has 0 radical (unpaired) electrons. The third kappa shape index (κ3) is 10.9. The molecule has 0 amide bonds. The van der Waals surface area contributed by atoms with Crippen LogP contribution in [0.2, 0.25) is 0 Å². The van der Waals surface area contributed by atoms with Crippen molar-refractivity contribution in [1.82, 2.24) is 0 Å². The van der Waals surface area contributed by atoms with Gasteiger partial charge in [0.1, 0.15) is 23.3 Å². The van der Waals surface area contributed by atoms with Gasteiger partial charge in [0.25, 0.3) is 0 Å². The van der Waals surface area contributed by atoms with Crippen LogP contribution in [-0.2, 0) is 0 Å². The minimum Gasteiger partial charge on any atom is -0.353 e. The van der Waals surface area contributed by atoms with E-state index in [1.54, 1.807) is 0 Å². The van der Waals surface area contributed by atoms with Crippen molar-refractivity contribution >= 4 is 54.6 Å². The third-order valence-electron chi connectivity index (χ3n) is 7.41. The Morgan fingerprint density at radius 2 is 0.841 bits per heavy atom. The first-order valence-corrected chi connectivity index (χ1v) is 16.9. The van der Waals surface area contributed by atoms with Crippen molar-refractivity contribution < 1.29 is 26.7 Å². The predicted molar refractivity (Wildman–Crippen MR) is 175 cm³/mol. The van der Waals surface area contributed by atoms with E-state index in [1.807, 2.05) is 49.1 Å². The average Bonchev–Trinajstić information content (AvgIpc) is 3.01. The first kappa shape index (κ1) is 33.9. The van der Waals surface area contributed by atoms with Crippen molar-refractivity contribution in [1.29, 1.82) is 0 Å². The van der Waals surface area contributed by atoms with Crippen LogP contribution in [0.3, 0.4) is 0 Å². The standard InChI is InChI=1S/C34H36Br2F4N4/c35-33(43-19-15-27(16-20-43)41-31-13-11-25(37)23-29(31)39)9-7-5-3-1-2-4-6-8-10-34(36)44-21-17-28(18-22-44)42-32-14-12-26(38)24-30(32)40/h11-24,33-34H,1-10H2/p+2. The van der Waals surface area contributed by atoms with E-state index in [1.165, 1.54) is 62.8 Å². The van der Waals surface area contributed by atoms with Gasteiger partial charge in [-0.05, 0) is 69.0 Å². The largest absolute Gasteiger partial charge is 0.353 e. The number of alkyl halides is 2. The molecule has 0 bridgehead atoms. The first-order chi connectivity index (χ1) is 21.3. The normalized spacial score (nSPS) is 12.6. The number of benzene rings is 2. The van der Waals surface area contributed by atoms with Gasteiger partial charge >= 0.3 is 0 Å². The Morgan fingerprint density at radius 1 is 0.500 bits per heavy atom. The fourth-order valence-electron chi connectivity index (χ4n) is 4.89. The van der Waals surface area contributed by atoms with E-state index < -0.39 is 23.3 Å². The minimum absolute atomic E-state index is 0.194. The summed E-state index contributed by atoms with van der Waals surface area (Å²) in [6.07, 6.45) is 19.5. The Balaban J connectivity index is 1.03. The molecule has 234 valence electrons. The number of halogens is 6. The number of pyridine rings is 2. The zero-order valence-corrected chi connectivity index (χ0v) is 27.6. The summed E-state index contributed by atoms with van der Waals surface area (Å²) < 4.78 is 58.1. The van der Waals surface area contributed by atoms with Crippen LogP contribution < -0.4 is 19.8 Å². The smallest absolute Gasteiger partial charge is 0.211 e. The molecular weight excluding hydrogens is 700 g/mol. The molecule has 0 aliphatic carbocycles. The fraction of sp³-hybridized carbons (Fsp3) is 0.353. The zero-order valence-electron chi connectivity index (χ0n) is 24.5. The number of aromatic nitrogens is 2. The number of nitrogens with zero attached hydrogens (tertiary/aromatic N) is 2. The van der Waals surface area contributed by atoms with Crippen LogP contribution >= 0.6 is 31.9 Å². The lowest BCUT2D eigenvalue weighted by Crippen LogP contribution is -2.35. The molecule has 0 aliphatic rings. The summed E-state index contributed by atoms with van der Waals surface area (Å²) in [4.78, 5) is 0.388. The number of unbranched alkanes of at least 4 members (excludes halogenated alkanes) is 7.